The number of hydrogen-bond acceptors (Lipinski definition) is 4. The second-order valence-electron chi connectivity index (χ2n) is 4.67. The van der Waals surface area contributed by atoms with Crippen molar-refractivity contribution in [2.45, 2.75) is 64.8 Å². The summed E-state index contributed by atoms with van der Waals surface area (Å²) >= 11 is 0. The van der Waals surface area contributed by atoms with E-state index in [4.69, 9.17) is 10.5 Å². The molecule has 0 rings (SSSR count). The largest absolute Gasteiger partial charge is 1.00 e. The topological polar surface area (TPSA) is 64.3 Å². The van der Waals surface area contributed by atoms with Gasteiger partial charge < -0.3 is 17.2 Å². The fourth-order valence-electron chi connectivity index (χ4n) is 1.78. The van der Waals surface area contributed by atoms with Gasteiger partial charge in [-0.1, -0.05) is 46.0 Å². The first-order chi connectivity index (χ1) is 8.76. The van der Waals surface area contributed by atoms with Gasteiger partial charge in [-0.25, -0.2) is 0 Å². The van der Waals surface area contributed by atoms with E-state index >= 15 is 0 Å². The molecule has 0 aliphatic heterocycles. The second kappa shape index (κ2) is 16.4. The van der Waals surface area contributed by atoms with Crippen LogP contribution in [0, 0.1) is 0 Å². The Bertz CT molecular complexity index is 210. The van der Waals surface area contributed by atoms with Crippen LogP contribution in [0.3, 0.4) is 0 Å². The van der Waals surface area contributed by atoms with Crippen LogP contribution in [0.2, 0.25) is 0 Å². The number of rotatable bonds is 12. The van der Waals surface area contributed by atoms with Crippen LogP contribution in [0.15, 0.2) is 0 Å². The molecule has 3 N–H and O–H groups in total. The number of nitrogens with two attached hydrogens (primary N) is 1. The van der Waals surface area contributed by atoms with Gasteiger partial charge in [0.2, 0.25) is 0 Å². The molecule has 19 heavy (non-hydrogen) atoms. The number of hydrogen-bond donors (Lipinski definition) is 2. The van der Waals surface area contributed by atoms with Gasteiger partial charge in [0, 0.05) is 13.1 Å². The quantitative estimate of drug-likeness (QED) is 0.283. The van der Waals surface area contributed by atoms with E-state index < -0.39 is 0 Å². The smallest absolute Gasteiger partial charge is 1.00 e. The molecule has 110 valence electrons. The maximum absolute atomic E-state index is 11.9. The fraction of sp³-hybridized carbons (Fsp3) is 0.929. The summed E-state index contributed by atoms with van der Waals surface area (Å²) in [4.78, 5) is 11.9. The number of ether oxygens (including phenoxy) is 1. The molecule has 0 aliphatic carbocycles. The number of nitrogens with one attached hydrogen (secondary N) is 1. The van der Waals surface area contributed by atoms with Crippen molar-refractivity contribution in [3.05, 3.63) is 0 Å². The molecule has 0 bridgehead atoms. The van der Waals surface area contributed by atoms with Crippen LogP contribution in [0.25, 0.3) is 0 Å². The third-order valence-corrected chi connectivity index (χ3v) is 2.91. The van der Waals surface area contributed by atoms with Gasteiger partial charge in [-0.05, 0) is 12.8 Å². The summed E-state index contributed by atoms with van der Waals surface area (Å²) < 4.78 is 5.29. The molecule has 1 atom stereocenters. The molecular weight excluding hydrogens is 251 g/mol. The first-order valence-electron chi connectivity index (χ1n) is 7.36. The Morgan fingerprint density at radius 2 is 1.84 bits per heavy atom. The summed E-state index contributed by atoms with van der Waals surface area (Å²) in [5.74, 6) is -0.115. The van der Waals surface area contributed by atoms with E-state index in [-0.39, 0.29) is 43.0 Å². The molecule has 0 radical (unpaired) electrons. The first kappa shape index (κ1) is 21.7. The van der Waals surface area contributed by atoms with Crippen molar-refractivity contribution in [1.82, 2.24) is 5.32 Å². The van der Waals surface area contributed by atoms with E-state index in [1.807, 2.05) is 0 Å². The molecule has 0 amide bonds. The van der Waals surface area contributed by atoms with Crippen molar-refractivity contribution in [1.29, 1.82) is 0 Å². The van der Waals surface area contributed by atoms with Crippen LogP contribution in [-0.2, 0) is 9.53 Å². The standard InChI is InChI=1S/C14H30N2O2.Na.H/c1-3-5-7-9-13(16-11-10-15)14(17)18-12-8-6-4-2;;/h13,16H,3-12,15H2,1-2H3;;/q;+1;-1. The van der Waals surface area contributed by atoms with Gasteiger partial charge in [0.15, 0.2) is 0 Å². The Balaban J connectivity index is -0.00000144. The number of esters is 1. The van der Waals surface area contributed by atoms with Crippen molar-refractivity contribution >= 4 is 5.97 Å². The van der Waals surface area contributed by atoms with Gasteiger partial charge in [-0.3, -0.25) is 4.79 Å². The van der Waals surface area contributed by atoms with Gasteiger partial charge in [-0.2, -0.15) is 0 Å². The van der Waals surface area contributed by atoms with E-state index in [0.29, 0.717) is 19.7 Å². The molecule has 4 nitrogen and oxygen atoms in total. The molecule has 5 heteroatoms. The summed E-state index contributed by atoms with van der Waals surface area (Å²) in [5, 5.41) is 3.17. The number of carbonyl (C=O) groups is 1. The van der Waals surface area contributed by atoms with E-state index in [1.54, 1.807) is 0 Å². The summed E-state index contributed by atoms with van der Waals surface area (Å²) in [6.07, 6.45) is 7.44. The SMILES string of the molecule is CCCCCOC(=O)C(CCCCC)NCCN.[H-].[Na+]. The normalized spacial score (nSPS) is 11.7. The van der Waals surface area contributed by atoms with Crippen LogP contribution in [-0.4, -0.2) is 31.7 Å². The Labute approximate surface area is 142 Å². The van der Waals surface area contributed by atoms with Crippen LogP contribution >= 0.6 is 0 Å². The van der Waals surface area contributed by atoms with Crippen LogP contribution in [0.4, 0.5) is 0 Å². The molecule has 0 aliphatic rings. The molecule has 0 heterocycles. The molecule has 0 aromatic heterocycles. The van der Waals surface area contributed by atoms with Gasteiger partial charge in [0.25, 0.3) is 0 Å². The molecule has 0 fully saturated rings. The molecule has 0 aromatic rings. The Kier molecular flexibility index (Phi) is 18.8. The average Bonchev–Trinajstić information content (AvgIpc) is 2.38. The Hall–Kier alpha value is 0.390. The summed E-state index contributed by atoms with van der Waals surface area (Å²) in [5.41, 5.74) is 5.46. The molecule has 0 aromatic carbocycles. The minimum absolute atomic E-state index is 0. The summed E-state index contributed by atoms with van der Waals surface area (Å²) in [7, 11) is 0. The van der Waals surface area contributed by atoms with Gasteiger partial charge in [0.1, 0.15) is 6.04 Å². The zero-order chi connectivity index (χ0) is 13.6. The van der Waals surface area contributed by atoms with Crippen molar-refractivity contribution in [3.8, 4) is 0 Å². The van der Waals surface area contributed by atoms with Crippen LogP contribution in [0.5, 0.6) is 0 Å². The zero-order valence-corrected chi connectivity index (χ0v) is 15.0. The maximum atomic E-state index is 11.9. The van der Waals surface area contributed by atoms with Crippen molar-refractivity contribution in [2.24, 2.45) is 5.73 Å². The van der Waals surface area contributed by atoms with Crippen molar-refractivity contribution in [3.63, 3.8) is 0 Å². The summed E-state index contributed by atoms with van der Waals surface area (Å²) in [6, 6.07) is -0.179. The monoisotopic (exact) mass is 282 g/mol. The number of carbonyl (C=O) groups excluding carboxylic acids is 1. The Morgan fingerprint density at radius 3 is 2.42 bits per heavy atom. The molecule has 0 saturated heterocycles. The minimum Gasteiger partial charge on any atom is -1.00 e. The van der Waals surface area contributed by atoms with Gasteiger partial charge >= 0.3 is 35.5 Å². The maximum Gasteiger partial charge on any atom is 1.00 e. The fourth-order valence-corrected chi connectivity index (χ4v) is 1.78. The first-order valence-corrected chi connectivity index (χ1v) is 7.36. The van der Waals surface area contributed by atoms with Crippen molar-refractivity contribution in [2.75, 3.05) is 19.7 Å². The predicted molar refractivity (Wildman–Crippen MR) is 76.6 cm³/mol. The van der Waals surface area contributed by atoms with Gasteiger partial charge in [0.05, 0.1) is 6.61 Å². The molecular formula is C14H31N2NaO2. The number of unbranched alkanes of at least 4 members (excludes halogenated alkanes) is 4. The summed E-state index contributed by atoms with van der Waals surface area (Å²) in [6.45, 7) is 6.05. The molecule has 0 spiro atoms. The van der Waals surface area contributed by atoms with E-state index in [2.05, 4.69) is 19.2 Å². The van der Waals surface area contributed by atoms with E-state index in [0.717, 1.165) is 44.9 Å². The average molecular weight is 282 g/mol. The Morgan fingerprint density at radius 1 is 1.21 bits per heavy atom. The minimum atomic E-state index is -0.179. The van der Waals surface area contributed by atoms with Crippen molar-refractivity contribution < 1.29 is 40.5 Å². The molecule has 0 saturated carbocycles. The van der Waals surface area contributed by atoms with Crippen LogP contribution < -0.4 is 40.6 Å². The zero-order valence-electron chi connectivity index (χ0n) is 14.0. The van der Waals surface area contributed by atoms with Crippen LogP contribution in [0.1, 0.15) is 60.2 Å². The predicted octanol–water partition coefficient (Wildman–Crippen LogP) is -0.666. The van der Waals surface area contributed by atoms with E-state index in [9.17, 15) is 4.79 Å². The third kappa shape index (κ3) is 13.1. The molecule has 1 unspecified atom stereocenters. The van der Waals surface area contributed by atoms with Gasteiger partial charge in [-0.15, -0.1) is 0 Å². The third-order valence-electron chi connectivity index (χ3n) is 2.91. The second-order valence-corrected chi connectivity index (χ2v) is 4.67. The van der Waals surface area contributed by atoms with E-state index in [1.165, 1.54) is 0 Å².